The molecule has 0 spiro atoms. The normalized spacial score (nSPS) is 13.6. The number of benzene rings is 3. The Hall–Kier alpha value is -4.31. The van der Waals surface area contributed by atoms with Gasteiger partial charge >= 0.3 is 5.97 Å². The van der Waals surface area contributed by atoms with Gasteiger partial charge in [0, 0.05) is 11.1 Å². The highest BCUT2D eigenvalue weighted by Gasteiger charge is 2.35. The lowest BCUT2D eigenvalue weighted by atomic mass is 10.0. The minimum Gasteiger partial charge on any atom is -0.493 e. The van der Waals surface area contributed by atoms with Crippen LogP contribution in [0.25, 0.3) is 11.4 Å². The molecule has 0 unspecified atom stereocenters. The molecule has 2 heterocycles. The van der Waals surface area contributed by atoms with Crippen molar-refractivity contribution in [3.63, 3.8) is 0 Å². The molecule has 10 heteroatoms. The number of hydrogen-bond acceptors (Lipinski definition) is 9. The Morgan fingerprint density at radius 1 is 0.943 bits per heavy atom. The van der Waals surface area contributed by atoms with Crippen molar-refractivity contribution >= 4 is 21.6 Å². The summed E-state index contributed by atoms with van der Waals surface area (Å²) in [5.41, 5.74) is 0.713. The summed E-state index contributed by atoms with van der Waals surface area (Å²) in [5.74, 6) is -0.308. The van der Waals surface area contributed by atoms with Crippen molar-refractivity contribution in [2.24, 2.45) is 0 Å². The number of rotatable bonds is 6. The van der Waals surface area contributed by atoms with Gasteiger partial charge in [0.1, 0.15) is 5.75 Å². The highest BCUT2D eigenvalue weighted by atomic mass is 32.2. The van der Waals surface area contributed by atoms with Gasteiger partial charge in [-0.15, -0.1) is 0 Å². The summed E-state index contributed by atoms with van der Waals surface area (Å²) in [7, 11) is -3.97. The Balaban J connectivity index is 1.35. The van der Waals surface area contributed by atoms with Crippen molar-refractivity contribution in [1.29, 1.82) is 0 Å². The fourth-order valence-corrected chi connectivity index (χ4v) is 5.45. The van der Waals surface area contributed by atoms with E-state index >= 15 is 0 Å². The Bertz CT molecular complexity index is 1570. The third-order valence-electron chi connectivity index (χ3n) is 5.40. The Morgan fingerprint density at radius 2 is 1.66 bits per heavy atom. The molecule has 4 aromatic rings. The molecular formula is C25H18N2O7S. The lowest BCUT2D eigenvalue weighted by Gasteiger charge is -2.19. The molecule has 0 saturated carbocycles. The number of nitrogens with zero attached hydrogens (tertiary/aromatic N) is 2. The van der Waals surface area contributed by atoms with E-state index in [4.69, 9.17) is 14.0 Å². The van der Waals surface area contributed by atoms with Crippen molar-refractivity contribution in [3.8, 4) is 17.1 Å². The van der Waals surface area contributed by atoms with Crippen molar-refractivity contribution < 1.29 is 32.0 Å². The molecule has 3 aromatic carbocycles. The molecule has 1 aliphatic heterocycles. The Labute approximate surface area is 200 Å². The summed E-state index contributed by atoms with van der Waals surface area (Å²) >= 11 is 0. The van der Waals surface area contributed by atoms with Crippen LogP contribution in [0.3, 0.4) is 0 Å². The number of carbonyl (C=O) groups is 2. The minimum absolute atomic E-state index is 0.00903. The lowest BCUT2D eigenvalue weighted by molar-refractivity contribution is 0.0429. The average Bonchev–Trinajstić information content (AvgIpc) is 3.35. The third kappa shape index (κ3) is 3.97. The van der Waals surface area contributed by atoms with E-state index in [0.717, 1.165) is 6.07 Å². The van der Waals surface area contributed by atoms with Gasteiger partial charge in [0.25, 0.3) is 5.89 Å². The molecule has 1 aliphatic rings. The van der Waals surface area contributed by atoms with Gasteiger partial charge in [0.05, 0.1) is 27.5 Å². The number of para-hydroxylation sites is 1. The van der Waals surface area contributed by atoms with Crippen LogP contribution < -0.4 is 4.74 Å². The molecule has 0 amide bonds. The van der Waals surface area contributed by atoms with E-state index in [1.807, 2.05) is 13.0 Å². The van der Waals surface area contributed by atoms with Crippen molar-refractivity contribution in [1.82, 2.24) is 10.1 Å². The van der Waals surface area contributed by atoms with Crippen molar-refractivity contribution in [2.75, 3.05) is 6.61 Å². The van der Waals surface area contributed by atoms with Crippen LogP contribution >= 0.6 is 0 Å². The first-order valence-corrected chi connectivity index (χ1v) is 12.1. The van der Waals surface area contributed by atoms with Crippen LogP contribution in [0.15, 0.2) is 81.0 Å². The second-order valence-corrected chi connectivity index (χ2v) is 9.44. The summed E-state index contributed by atoms with van der Waals surface area (Å²) in [6.07, 6.45) is 0. The number of ether oxygens (including phenoxy) is 2. The second kappa shape index (κ2) is 8.80. The molecule has 35 heavy (non-hydrogen) atoms. The molecule has 5 rings (SSSR count). The van der Waals surface area contributed by atoms with Crippen molar-refractivity contribution in [3.05, 3.63) is 89.3 Å². The lowest BCUT2D eigenvalue weighted by Crippen LogP contribution is -2.21. The van der Waals surface area contributed by atoms with Gasteiger partial charge in [-0.2, -0.15) is 4.98 Å². The molecular weight excluding hydrogens is 472 g/mol. The summed E-state index contributed by atoms with van der Waals surface area (Å²) in [6.45, 7) is 2.00. The number of sulfone groups is 1. The Morgan fingerprint density at radius 3 is 2.46 bits per heavy atom. The zero-order valence-electron chi connectivity index (χ0n) is 18.4. The van der Waals surface area contributed by atoms with Crippen molar-refractivity contribution in [2.45, 2.75) is 23.3 Å². The van der Waals surface area contributed by atoms with Gasteiger partial charge in [0.15, 0.2) is 12.4 Å². The number of esters is 1. The van der Waals surface area contributed by atoms with Crippen LogP contribution in [-0.2, 0) is 21.2 Å². The van der Waals surface area contributed by atoms with Crippen LogP contribution in [0.4, 0.5) is 0 Å². The van der Waals surface area contributed by atoms with Gasteiger partial charge < -0.3 is 14.0 Å². The number of aromatic nitrogens is 2. The van der Waals surface area contributed by atoms with Gasteiger partial charge in [-0.3, -0.25) is 4.79 Å². The fourth-order valence-electron chi connectivity index (χ4n) is 3.78. The number of carbonyl (C=O) groups excluding carboxylic acids is 2. The Kier molecular flexibility index (Phi) is 5.65. The molecule has 9 nitrogen and oxygen atoms in total. The molecule has 0 radical (unpaired) electrons. The topological polar surface area (TPSA) is 126 Å². The van der Waals surface area contributed by atoms with E-state index in [2.05, 4.69) is 10.1 Å². The molecule has 0 saturated heterocycles. The first kappa shape index (κ1) is 22.5. The largest absolute Gasteiger partial charge is 0.493 e. The highest BCUT2D eigenvalue weighted by Crippen LogP contribution is 2.35. The molecule has 1 aromatic heterocycles. The van der Waals surface area contributed by atoms with Gasteiger partial charge in [-0.25, -0.2) is 13.2 Å². The summed E-state index contributed by atoms with van der Waals surface area (Å²) in [6, 6.07) is 17.0. The number of hydrogen-bond donors (Lipinski definition) is 0. The van der Waals surface area contributed by atoms with E-state index in [0.29, 0.717) is 17.9 Å². The summed E-state index contributed by atoms with van der Waals surface area (Å²) in [5, 5.41) is 3.91. The van der Waals surface area contributed by atoms with E-state index < -0.39 is 21.6 Å². The first-order chi connectivity index (χ1) is 16.9. The average molecular weight is 490 g/mol. The predicted molar refractivity (Wildman–Crippen MR) is 122 cm³/mol. The summed E-state index contributed by atoms with van der Waals surface area (Å²) in [4.78, 5) is 29.3. The number of fused-ring (bicyclic) bond motifs is 2. The maximum Gasteiger partial charge on any atom is 0.338 e. The van der Waals surface area contributed by atoms with E-state index in [9.17, 15) is 18.0 Å². The molecule has 176 valence electrons. The van der Waals surface area contributed by atoms with Gasteiger partial charge in [0.2, 0.25) is 15.7 Å². The maximum atomic E-state index is 13.1. The molecule has 0 fully saturated rings. The summed E-state index contributed by atoms with van der Waals surface area (Å²) < 4.78 is 42.1. The van der Waals surface area contributed by atoms with Gasteiger partial charge in [-0.05, 0) is 49.4 Å². The van der Waals surface area contributed by atoms with E-state index in [1.54, 1.807) is 24.3 Å². The predicted octanol–water partition coefficient (Wildman–Crippen LogP) is 3.87. The smallest absolute Gasteiger partial charge is 0.338 e. The molecule has 0 bridgehead atoms. The van der Waals surface area contributed by atoms with E-state index in [1.165, 1.54) is 30.3 Å². The van der Waals surface area contributed by atoms with Crippen LogP contribution in [0, 0.1) is 0 Å². The monoisotopic (exact) mass is 490 g/mol. The van der Waals surface area contributed by atoms with Crippen LogP contribution in [0.5, 0.6) is 5.75 Å². The zero-order chi connectivity index (χ0) is 24.6. The third-order valence-corrected chi connectivity index (χ3v) is 7.25. The minimum atomic E-state index is -3.97. The number of ketones is 1. The molecule has 0 N–H and O–H groups in total. The van der Waals surface area contributed by atoms with Crippen LogP contribution in [0.1, 0.15) is 39.1 Å². The quantitative estimate of drug-likeness (QED) is 0.326. The van der Waals surface area contributed by atoms with Crippen LogP contribution in [-0.4, -0.2) is 36.9 Å². The zero-order valence-corrected chi connectivity index (χ0v) is 19.2. The SMILES string of the molecule is CCOc1ccccc1-c1noc(COC(=O)c2ccc3c(c2)S(=O)(=O)c2ccccc2C3=O)n1. The van der Waals surface area contributed by atoms with E-state index in [-0.39, 0.29) is 44.8 Å². The van der Waals surface area contributed by atoms with Crippen LogP contribution in [0.2, 0.25) is 0 Å². The standard InChI is InChI=1S/C25H18N2O7S/c1-2-32-19-9-5-3-7-16(19)24-26-22(34-27-24)14-33-25(29)15-11-12-18-21(13-15)35(30,31)20-10-6-4-8-17(20)23(18)28/h3-13H,2,14H2,1H3. The maximum absolute atomic E-state index is 13.1. The van der Waals surface area contributed by atoms with Gasteiger partial charge in [-0.1, -0.05) is 29.4 Å². The highest BCUT2D eigenvalue weighted by molar-refractivity contribution is 7.91. The first-order valence-electron chi connectivity index (χ1n) is 10.6. The second-order valence-electron chi connectivity index (χ2n) is 7.56. The fraction of sp³-hybridized carbons (Fsp3) is 0.120. The molecule has 0 atom stereocenters. The molecule has 0 aliphatic carbocycles.